The molecule has 1 radical (unpaired) electrons. The molecule has 0 spiro atoms. The van der Waals surface area contributed by atoms with Gasteiger partial charge in [0.05, 0.1) is 0 Å². The summed E-state index contributed by atoms with van der Waals surface area (Å²) in [6, 6.07) is 0. The predicted octanol–water partition coefficient (Wildman–Crippen LogP) is 2.20. The van der Waals surface area contributed by atoms with Crippen LogP contribution >= 0.6 is 0 Å². The third-order valence-corrected chi connectivity index (χ3v) is 1.69. The molecule has 2 heteroatoms. The van der Waals surface area contributed by atoms with Gasteiger partial charge in [-0.15, -0.1) is 0 Å². The largest absolute Gasteiger partial charge is 0.396 e. The van der Waals surface area contributed by atoms with Gasteiger partial charge in [0.1, 0.15) is 0 Å². The van der Waals surface area contributed by atoms with Crippen molar-refractivity contribution in [3.8, 4) is 0 Å². The fourth-order valence-electron chi connectivity index (χ4n) is 1.02. The molecule has 0 saturated heterocycles. The van der Waals surface area contributed by atoms with E-state index in [9.17, 15) is 0 Å². The van der Waals surface area contributed by atoms with Crippen molar-refractivity contribution >= 4 is 29.6 Å². The maximum Gasteiger partial charge on any atom is 0.0431 e. The smallest absolute Gasteiger partial charge is 0.0431 e. The Morgan fingerprint density at radius 3 is 2.00 bits per heavy atom. The fraction of sp³-hybridized carbons (Fsp3) is 1.00. The van der Waals surface area contributed by atoms with Crippen molar-refractivity contribution < 1.29 is 5.11 Å². The molecule has 0 unspecified atom stereocenters. The Morgan fingerprint density at radius 2 is 1.55 bits per heavy atom. The zero-order valence-corrected chi connectivity index (χ0v) is 10.3. The third-order valence-electron chi connectivity index (χ3n) is 1.69. The molecule has 0 heterocycles. The Bertz CT molecular complexity index is 64.6. The number of rotatable bonds is 6. The summed E-state index contributed by atoms with van der Waals surface area (Å²) in [4.78, 5) is 0. The van der Waals surface area contributed by atoms with Crippen molar-refractivity contribution in [1.82, 2.24) is 0 Å². The van der Waals surface area contributed by atoms with E-state index < -0.39 is 0 Å². The maximum absolute atomic E-state index is 8.47. The molecular formula is C9H20NaO. The van der Waals surface area contributed by atoms with Gasteiger partial charge in [0.25, 0.3) is 0 Å². The summed E-state index contributed by atoms with van der Waals surface area (Å²) in [5.41, 5.74) is 0. The van der Waals surface area contributed by atoms with E-state index >= 15 is 0 Å². The van der Waals surface area contributed by atoms with Crippen molar-refractivity contribution in [2.45, 2.75) is 46.0 Å². The monoisotopic (exact) mass is 167 g/mol. The van der Waals surface area contributed by atoms with Crippen LogP contribution in [0, 0.1) is 5.92 Å². The van der Waals surface area contributed by atoms with Crippen molar-refractivity contribution in [1.29, 1.82) is 0 Å². The summed E-state index contributed by atoms with van der Waals surface area (Å²) in [5.74, 6) is 0.842. The Morgan fingerprint density at radius 1 is 1.00 bits per heavy atom. The van der Waals surface area contributed by atoms with Gasteiger partial charge in [0.2, 0.25) is 0 Å². The van der Waals surface area contributed by atoms with Gasteiger partial charge >= 0.3 is 0 Å². The molecule has 0 amide bonds. The molecule has 63 valence electrons. The van der Waals surface area contributed by atoms with Crippen LogP contribution in [-0.2, 0) is 0 Å². The molecule has 0 rings (SSSR count). The second kappa shape index (κ2) is 11.0. The molecule has 0 aliphatic heterocycles. The molecule has 0 fully saturated rings. The summed E-state index contributed by atoms with van der Waals surface area (Å²) in [6.45, 7) is 4.87. The molecule has 0 aromatic carbocycles. The van der Waals surface area contributed by atoms with Crippen LogP contribution in [0.4, 0.5) is 0 Å². The Hall–Kier alpha value is 0.960. The van der Waals surface area contributed by atoms with Crippen LogP contribution in [0.25, 0.3) is 0 Å². The average Bonchev–Trinajstić information content (AvgIpc) is 1.87. The fourth-order valence-corrected chi connectivity index (χ4v) is 1.02. The number of aliphatic hydroxyl groups is 1. The summed E-state index contributed by atoms with van der Waals surface area (Å²) in [7, 11) is 0. The van der Waals surface area contributed by atoms with Gasteiger partial charge in [-0.1, -0.05) is 39.5 Å². The van der Waals surface area contributed by atoms with Gasteiger partial charge in [-0.05, 0) is 12.3 Å². The van der Waals surface area contributed by atoms with E-state index in [4.69, 9.17) is 5.11 Å². The molecule has 0 aliphatic carbocycles. The van der Waals surface area contributed by atoms with Gasteiger partial charge in [-0.25, -0.2) is 0 Å². The maximum atomic E-state index is 8.47. The molecule has 0 saturated carbocycles. The molecule has 1 N–H and O–H groups in total. The normalized spacial score (nSPS) is 9.82. The van der Waals surface area contributed by atoms with Crippen LogP contribution in [-0.4, -0.2) is 41.3 Å². The molecule has 1 nitrogen and oxygen atoms in total. The Labute approximate surface area is 92.9 Å². The quantitative estimate of drug-likeness (QED) is 0.475. The molecule has 0 atom stereocenters. The van der Waals surface area contributed by atoms with E-state index in [0.717, 1.165) is 12.3 Å². The summed E-state index contributed by atoms with van der Waals surface area (Å²) in [5, 5.41) is 8.47. The van der Waals surface area contributed by atoms with E-state index in [1.807, 2.05) is 0 Å². The van der Waals surface area contributed by atoms with Crippen LogP contribution in [0.15, 0.2) is 0 Å². The molecule has 0 aromatic rings. The third kappa shape index (κ3) is 13.9. The van der Waals surface area contributed by atoms with Gasteiger partial charge in [-0.2, -0.15) is 0 Å². The second-order valence-electron chi connectivity index (χ2n) is 3.32. The van der Waals surface area contributed by atoms with Gasteiger partial charge < -0.3 is 5.11 Å². The van der Waals surface area contributed by atoms with Crippen molar-refractivity contribution in [2.24, 2.45) is 5.92 Å². The zero-order valence-electron chi connectivity index (χ0n) is 8.27. The van der Waals surface area contributed by atoms with Crippen molar-refractivity contribution in [2.75, 3.05) is 6.61 Å². The first kappa shape index (κ1) is 14.5. The topological polar surface area (TPSA) is 20.2 Å². The standard InChI is InChI=1S/C9H20O.Na/c1-9(2)7-5-3-4-6-8-10;/h9-10H,3-8H2,1-2H3;. The van der Waals surface area contributed by atoms with Crippen LogP contribution in [0.3, 0.4) is 0 Å². The first-order chi connectivity index (χ1) is 4.77. The Kier molecular flexibility index (Phi) is 14.4. The number of unbranched alkanes of at least 4 members (excludes halogenated alkanes) is 3. The SMILES string of the molecule is CC(C)CCCCCCO.[Na]. The van der Waals surface area contributed by atoms with E-state index in [2.05, 4.69) is 13.8 Å². The minimum absolute atomic E-state index is 0. The van der Waals surface area contributed by atoms with Gasteiger partial charge in [0.15, 0.2) is 0 Å². The van der Waals surface area contributed by atoms with Crippen LogP contribution in [0.1, 0.15) is 46.0 Å². The molecule has 0 bridgehead atoms. The minimum atomic E-state index is 0. The average molecular weight is 167 g/mol. The van der Waals surface area contributed by atoms with Gasteiger partial charge in [0, 0.05) is 36.2 Å². The molecule has 0 aliphatic rings. The molecular weight excluding hydrogens is 147 g/mol. The number of hydrogen-bond donors (Lipinski definition) is 1. The minimum Gasteiger partial charge on any atom is -0.396 e. The van der Waals surface area contributed by atoms with Crippen LogP contribution < -0.4 is 0 Å². The number of hydrogen-bond acceptors (Lipinski definition) is 1. The zero-order chi connectivity index (χ0) is 7.82. The van der Waals surface area contributed by atoms with E-state index in [1.54, 1.807) is 0 Å². The summed E-state index contributed by atoms with van der Waals surface area (Å²) in [6.07, 6.45) is 6.14. The Balaban J connectivity index is 0. The second-order valence-corrected chi connectivity index (χ2v) is 3.32. The van der Waals surface area contributed by atoms with Crippen LogP contribution in [0.2, 0.25) is 0 Å². The summed E-state index contributed by atoms with van der Waals surface area (Å²) < 4.78 is 0. The molecule has 11 heavy (non-hydrogen) atoms. The first-order valence-corrected chi connectivity index (χ1v) is 4.38. The van der Waals surface area contributed by atoms with E-state index in [1.165, 1.54) is 25.7 Å². The number of aliphatic hydroxyl groups excluding tert-OH is 1. The summed E-state index contributed by atoms with van der Waals surface area (Å²) >= 11 is 0. The van der Waals surface area contributed by atoms with Gasteiger partial charge in [-0.3, -0.25) is 0 Å². The van der Waals surface area contributed by atoms with Crippen molar-refractivity contribution in [3.63, 3.8) is 0 Å². The van der Waals surface area contributed by atoms with E-state index in [-0.39, 0.29) is 29.6 Å². The predicted molar refractivity (Wildman–Crippen MR) is 50.8 cm³/mol. The molecule has 0 aromatic heterocycles. The van der Waals surface area contributed by atoms with E-state index in [0.29, 0.717) is 6.61 Å². The van der Waals surface area contributed by atoms with Crippen LogP contribution in [0.5, 0.6) is 0 Å². The first-order valence-electron chi connectivity index (χ1n) is 4.38. The van der Waals surface area contributed by atoms with Crippen molar-refractivity contribution in [3.05, 3.63) is 0 Å².